The fourth-order valence-corrected chi connectivity index (χ4v) is 2.07. The van der Waals surface area contributed by atoms with E-state index in [1.165, 1.54) is 0 Å². The second-order valence-electron chi connectivity index (χ2n) is 4.71. The van der Waals surface area contributed by atoms with Gasteiger partial charge in [0.2, 0.25) is 0 Å². The average molecular weight is 277 g/mol. The molecule has 0 saturated carbocycles. The number of hydrogen-bond donors (Lipinski definition) is 1. The Labute approximate surface area is 123 Å². The molecular formula is C17H15N3O. The number of benzene rings is 2. The molecule has 21 heavy (non-hydrogen) atoms. The Bertz CT molecular complexity index is 776. The molecule has 0 radical (unpaired) electrons. The van der Waals surface area contributed by atoms with Crippen LogP contribution < -0.4 is 0 Å². The van der Waals surface area contributed by atoms with Crippen LogP contribution in [0.5, 0.6) is 5.75 Å². The molecule has 0 spiro atoms. The predicted molar refractivity (Wildman–Crippen MR) is 83.7 cm³/mol. The maximum atomic E-state index is 9.77. The number of aromatic hydroxyl groups is 1. The highest BCUT2D eigenvalue weighted by molar-refractivity contribution is 5.85. The molecule has 104 valence electrons. The van der Waals surface area contributed by atoms with Crippen LogP contribution in [0.4, 0.5) is 5.82 Å². The number of rotatable bonds is 3. The molecule has 0 aliphatic carbocycles. The third-order valence-electron chi connectivity index (χ3n) is 3.09. The van der Waals surface area contributed by atoms with Crippen molar-refractivity contribution in [3.05, 3.63) is 71.9 Å². The van der Waals surface area contributed by atoms with Crippen LogP contribution in [0.15, 0.2) is 65.7 Å². The number of para-hydroxylation sites is 2. The molecule has 4 nitrogen and oxygen atoms in total. The normalized spacial score (nSPS) is 11.1. The second kappa shape index (κ2) is 5.63. The van der Waals surface area contributed by atoms with E-state index in [0.717, 1.165) is 17.2 Å². The first-order valence-corrected chi connectivity index (χ1v) is 6.68. The van der Waals surface area contributed by atoms with Crippen molar-refractivity contribution in [1.29, 1.82) is 0 Å². The van der Waals surface area contributed by atoms with Crippen LogP contribution in [-0.4, -0.2) is 21.1 Å². The van der Waals surface area contributed by atoms with Crippen LogP contribution in [0.1, 0.15) is 11.3 Å². The van der Waals surface area contributed by atoms with E-state index in [1.807, 2.05) is 55.5 Å². The van der Waals surface area contributed by atoms with E-state index in [2.05, 4.69) is 10.1 Å². The maximum Gasteiger partial charge on any atom is 0.155 e. The fourth-order valence-electron chi connectivity index (χ4n) is 2.07. The van der Waals surface area contributed by atoms with Crippen molar-refractivity contribution < 1.29 is 5.11 Å². The summed E-state index contributed by atoms with van der Waals surface area (Å²) in [6, 6.07) is 18.8. The number of phenols is 1. The highest BCUT2D eigenvalue weighted by Gasteiger charge is 2.06. The van der Waals surface area contributed by atoms with Gasteiger partial charge in [-0.1, -0.05) is 30.3 Å². The van der Waals surface area contributed by atoms with Gasteiger partial charge in [0.15, 0.2) is 5.82 Å². The lowest BCUT2D eigenvalue weighted by atomic mass is 10.2. The monoisotopic (exact) mass is 277 g/mol. The third-order valence-corrected chi connectivity index (χ3v) is 3.09. The number of aromatic nitrogens is 2. The summed E-state index contributed by atoms with van der Waals surface area (Å²) in [6.07, 6.45) is 1.64. The minimum atomic E-state index is 0.212. The number of aliphatic imine (C=N–C) groups is 1. The molecule has 0 saturated heterocycles. The quantitative estimate of drug-likeness (QED) is 0.743. The highest BCUT2D eigenvalue weighted by Crippen LogP contribution is 2.21. The van der Waals surface area contributed by atoms with Crippen molar-refractivity contribution in [1.82, 2.24) is 9.78 Å². The molecule has 4 heteroatoms. The van der Waals surface area contributed by atoms with Crippen molar-refractivity contribution in [3.63, 3.8) is 0 Å². The number of aryl methyl sites for hydroxylation is 1. The topological polar surface area (TPSA) is 50.4 Å². The van der Waals surface area contributed by atoms with E-state index >= 15 is 0 Å². The lowest BCUT2D eigenvalue weighted by Gasteiger charge is -2.03. The van der Waals surface area contributed by atoms with Gasteiger partial charge in [-0.25, -0.2) is 9.67 Å². The molecule has 1 heterocycles. The summed E-state index contributed by atoms with van der Waals surface area (Å²) in [7, 11) is 0. The molecule has 0 bridgehead atoms. The van der Waals surface area contributed by atoms with Gasteiger partial charge in [0.25, 0.3) is 0 Å². The first-order valence-electron chi connectivity index (χ1n) is 6.68. The number of hydrogen-bond acceptors (Lipinski definition) is 3. The third kappa shape index (κ3) is 2.84. The van der Waals surface area contributed by atoms with E-state index in [4.69, 9.17) is 0 Å². The van der Waals surface area contributed by atoms with Crippen molar-refractivity contribution in [3.8, 4) is 11.4 Å². The molecular weight excluding hydrogens is 262 g/mol. The molecule has 0 amide bonds. The van der Waals surface area contributed by atoms with Gasteiger partial charge in [-0.15, -0.1) is 0 Å². The van der Waals surface area contributed by atoms with Crippen LogP contribution in [0.2, 0.25) is 0 Å². The molecule has 3 aromatic rings. The second-order valence-corrected chi connectivity index (χ2v) is 4.71. The van der Waals surface area contributed by atoms with Crippen molar-refractivity contribution >= 4 is 12.0 Å². The lowest BCUT2D eigenvalue weighted by molar-refractivity contribution is 0.474. The molecule has 0 unspecified atom stereocenters. The highest BCUT2D eigenvalue weighted by atomic mass is 16.3. The molecule has 0 fully saturated rings. The lowest BCUT2D eigenvalue weighted by Crippen LogP contribution is -1.95. The summed E-state index contributed by atoms with van der Waals surface area (Å²) >= 11 is 0. The SMILES string of the molecule is Cc1cc(/N=C/c2ccccc2O)n(-c2ccccc2)n1. The Kier molecular flexibility index (Phi) is 3.51. The minimum absolute atomic E-state index is 0.212. The van der Waals surface area contributed by atoms with Gasteiger partial charge in [-0.2, -0.15) is 5.10 Å². The molecule has 1 aromatic heterocycles. The van der Waals surface area contributed by atoms with Gasteiger partial charge in [-0.05, 0) is 31.2 Å². The molecule has 1 N–H and O–H groups in total. The van der Waals surface area contributed by atoms with Gasteiger partial charge < -0.3 is 5.11 Å². The minimum Gasteiger partial charge on any atom is -0.507 e. The van der Waals surface area contributed by atoms with E-state index in [1.54, 1.807) is 23.0 Å². The standard InChI is InChI=1S/C17H15N3O/c1-13-11-17(18-12-14-7-5-6-10-16(14)21)20(19-13)15-8-3-2-4-9-15/h2-12,21H,1H3/b18-12+. The van der Waals surface area contributed by atoms with Crippen molar-refractivity contribution in [2.45, 2.75) is 6.92 Å². The summed E-state index contributed by atoms with van der Waals surface area (Å²) < 4.78 is 1.78. The van der Waals surface area contributed by atoms with Crippen LogP contribution in [-0.2, 0) is 0 Å². The van der Waals surface area contributed by atoms with Crippen LogP contribution in [0.3, 0.4) is 0 Å². The Morgan fingerprint density at radius 1 is 1.05 bits per heavy atom. The van der Waals surface area contributed by atoms with Crippen molar-refractivity contribution in [2.75, 3.05) is 0 Å². The number of phenolic OH excluding ortho intramolecular Hbond substituents is 1. The van der Waals surface area contributed by atoms with Crippen LogP contribution in [0.25, 0.3) is 5.69 Å². The van der Waals surface area contributed by atoms with Gasteiger partial charge in [0, 0.05) is 17.8 Å². The molecule has 0 atom stereocenters. The Hall–Kier alpha value is -2.88. The van der Waals surface area contributed by atoms with Crippen LogP contribution in [0, 0.1) is 6.92 Å². The van der Waals surface area contributed by atoms with Gasteiger partial charge in [0.1, 0.15) is 5.75 Å². The number of nitrogens with zero attached hydrogens (tertiary/aromatic N) is 3. The molecule has 0 aliphatic heterocycles. The maximum absolute atomic E-state index is 9.77. The smallest absolute Gasteiger partial charge is 0.155 e. The van der Waals surface area contributed by atoms with E-state index < -0.39 is 0 Å². The van der Waals surface area contributed by atoms with E-state index in [-0.39, 0.29) is 5.75 Å². The summed E-state index contributed by atoms with van der Waals surface area (Å²) in [5.41, 5.74) is 2.52. The van der Waals surface area contributed by atoms with E-state index in [9.17, 15) is 5.11 Å². The molecule has 0 aliphatic rings. The summed E-state index contributed by atoms with van der Waals surface area (Å²) in [4.78, 5) is 4.45. The Morgan fingerprint density at radius 2 is 1.76 bits per heavy atom. The van der Waals surface area contributed by atoms with Gasteiger partial charge >= 0.3 is 0 Å². The average Bonchev–Trinajstić information content (AvgIpc) is 2.88. The molecule has 3 rings (SSSR count). The summed E-state index contributed by atoms with van der Waals surface area (Å²) in [5.74, 6) is 0.936. The van der Waals surface area contributed by atoms with Crippen LogP contribution >= 0.6 is 0 Å². The van der Waals surface area contributed by atoms with Crippen molar-refractivity contribution in [2.24, 2.45) is 4.99 Å². The van der Waals surface area contributed by atoms with Gasteiger partial charge in [-0.3, -0.25) is 0 Å². The first-order chi connectivity index (χ1) is 10.2. The summed E-state index contributed by atoms with van der Waals surface area (Å²) in [5, 5.41) is 14.2. The Balaban J connectivity index is 1.99. The fraction of sp³-hybridized carbons (Fsp3) is 0.0588. The zero-order valence-electron chi connectivity index (χ0n) is 11.6. The summed E-state index contributed by atoms with van der Waals surface area (Å²) in [6.45, 7) is 1.93. The zero-order valence-corrected chi connectivity index (χ0v) is 11.6. The first kappa shape index (κ1) is 13.1. The zero-order chi connectivity index (χ0) is 14.7. The van der Waals surface area contributed by atoms with E-state index in [0.29, 0.717) is 5.56 Å². The van der Waals surface area contributed by atoms with Gasteiger partial charge in [0.05, 0.1) is 11.4 Å². The predicted octanol–water partition coefficient (Wildman–Crippen LogP) is 3.64. The molecule has 2 aromatic carbocycles. The largest absolute Gasteiger partial charge is 0.507 e. The Morgan fingerprint density at radius 3 is 2.52 bits per heavy atom.